The summed E-state index contributed by atoms with van der Waals surface area (Å²) in [6, 6.07) is 5.92. The van der Waals surface area contributed by atoms with Crippen LogP contribution >= 0.6 is 0 Å². The lowest BCUT2D eigenvalue weighted by Crippen LogP contribution is -2.59. The Balaban J connectivity index is 1.68. The van der Waals surface area contributed by atoms with Gasteiger partial charge in [0.25, 0.3) is 0 Å². The second kappa shape index (κ2) is 8.03. The number of hydrogen-bond acceptors (Lipinski definition) is 3. The standard InChI is InChI=1S/C19H27FN4O2/c1-14(2)21-19(26)24-9-3-8-22-10-11-23(18(25)17(22)13-24)12-15-4-6-16(20)7-5-15/h4-7,14,17H,3,8-13H2,1-2H3,(H,21,26). The Morgan fingerprint density at radius 1 is 1.19 bits per heavy atom. The molecule has 3 rings (SSSR count). The maximum Gasteiger partial charge on any atom is 0.317 e. The van der Waals surface area contributed by atoms with E-state index in [1.165, 1.54) is 12.1 Å². The van der Waals surface area contributed by atoms with Crippen LogP contribution in [0.15, 0.2) is 24.3 Å². The first kappa shape index (κ1) is 18.6. The van der Waals surface area contributed by atoms with E-state index in [4.69, 9.17) is 0 Å². The van der Waals surface area contributed by atoms with Crippen molar-refractivity contribution in [3.8, 4) is 0 Å². The van der Waals surface area contributed by atoms with Crippen LogP contribution in [0.4, 0.5) is 9.18 Å². The first-order valence-corrected chi connectivity index (χ1v) is 9.27. The molecular formula is C19H27FN4O2. The molecule has 1 atom stereocenters. The van der Waals surface area contributed by atoms with Crippen LogP contribution in [0.3, 0.4) is 0 Å². The molecule has 2 aliphatic rings. The van der Waals surface area contributed by atoms with Crippen molar-refractivity contribution in [1.29, 1.82) is 0 Å². The Bertz CT molecular complexity index is 649. The molecule has 26 heavy (non-hydrogen) atoms. The van der Waals surface area contributed by atoms with Gasteiger partial charge in [0.15, 0.2) is 0 Å². The van der Waals surface area contributed by atoms with E-state index in [0.29, 0.717) is 26.2 Å². The number of halogens is 1. The molecule has 0 saturated carbocycles. The minimum absolute atomic E-state index is 0.0461. The molecule has 0 aromatic heterocycles. The number of piperazine rings is 1. The van der Waals surface area contributed by atoms with Gasteiger partial charge in [-0.1, -0.05) is 12.1 Å². The molecule has 142 valence electrons. The molecule has 3 amide bonds. The summed E-state index contributed by atoms with van der Waals surface area (Å²) < 4.78 is 13.1. The zero-order valence-corrected chi connectivity index (χ0v) is 15.4. The van der Waals surface area contributed by atoms with E-state index < -0.39 is 0 Å². The lowest BCUT2D eigenvalue weighted by atomic mass is 10.1. The van der Waals surface area contributed by atoms with Gasteiger partial charge in [0, 0.05) is 45.3 Å². The van der Waals surface area contributed by atoms with Gasteiger partial charge in [-0.2, -0.15) is 0 Å². The van der Waals surface area contributed by atoms with Crippen LogP contribution in [0.2, 0.25) is 0 Å². The van der Waals surface area contributed by atoms with Crippen LogP contribution < -0.4 is 5.32 Å². The fourth-order valence-electron chi connectivity index (χ4n) is 3.60. The topological polar surface area (TPSA) is 55.9 Å². The third-order valence-electron chi connectivity index (χ3n) is 4.95. The van der Waals surface area contributed by atoms with Gasteiger partial charge in [0.05, 0.1) is 0 Å². The zero-order valence-electron chi connectivity index (χ0n) is 15.4. The fraction of sp³-hybridized carbons (Fsp3) is 0.579. The lowest BCUT2D eigenvalue weighted by Gasteiger charge is -2.40. The highest BCUT2D eigenvalue weighted by molar-refractivity contribution is 5.84. The van der Waals surface area contributed by atoms with Gasteiger partial charge in [-0.25, -0.2) is 9.18 Å². The first-order valence-electron chi connectivity index (χ1n) is 9.27. The van der Waals surface area contributed by atoms with E-state index in [1.807, 2.05) is 18.7 Å². The number of urea groups is 1. The van der Waals surface area contributed by atoms with Crippen LogP contribution in [0.5, 0.6) is 0 Å². The summed E-state index contributed by atoms with van der Waals surface area (Å²) in [5.74, 6) is -0.231. The van der Waals surface area contributed by atoms with E-state index in [-0.39, 0.29) is 29.8 Å². The van der Waals surface area contributed by atoms with Crippen molar-refractivity contribution in [2.45, 2.75) is 38.9 Å². The zero-order chi connectivity index (χ0) is 18.7. The molecule has 0 spiro atoms. The third-order valence-corrected chi connectivity index (χ3v) is 4.95. The smallest absolute Gasteiger partial charge is 0.317 e. The predicted molar refractivity (Wildman–Crippen MR) is 97.0 cm³/mol. The highest BCUT2D eigenvalue weighted by atomic mass is 19.1. The number of nitrogens with zero attached hydrogens (tertiary/aromatic N) is 3. The Morgan fingerprint density at radius 2 is 1.92 bits per heavy atom. The Morgan fingerprint density at radius 3 is 2.62 bits per heavy atom. The number of nitrogens with one attached hydrogen (secondary N) is 1. The Hall–Kier alpha value is -2.15. The highest BCUT2D eigenvalue weighted by Crippen LogP contribution is 2.19. The molecule has 2 fully saturated rings. The molecule has 0 bridgehead atoms. The summed E-state index contributed by atoms with van der Waals surface area (Å²) in [6.07, 6.45) is 0.868. The highest BCUT2D eigenvalue weighted by Gasteiger charge is 2.38. The van der Waals surface area contributed by atoms with Gasteiger partial charge in [-0.05, 0) is 38.0 Å². The lowest BCUT2D eigenvalue weighted by molar-refractivity contribution is -0.142. The summed E-state index contributed by atoms with van der Waals surface area (Å²) in [5, 5.41) is 2.91. The minimum Gasteiger partial charge on any atom is -0.336 e. The molecule has 2 heterocycles. The van der Waals surface area contributed by atoms with Crippen LogP contribution in [0.1, 0.15) is 25.8 Å². The Labute approximate surface area is 153 Å². The Kier molecular flexibility index (Phi) is 5.76. The largest absolute Gasteiger partial charge is 0.336 e. The average Bonchev–Trinajstić information content (AvgIpc) is 2.82. The van der Waals surface area contributed by atoms with Gasteiger partial charge in [-0.3, -0.25) is 9.69 Å². The number of rotatable bonds is 3. The molecule has 6 nitrogen and oxygen atoms in total. The minimum atomic E-state index is -0.301. The molecule has 1 unspecified atom stereocenters. The number of carbonyl (C=O) groups is 2. The molecule has 0 radical (unpaired) electrons. The van der Waals surface area contributed by atoms with E-state index in [1.54, 1.807) is 17.0 Å². The molecule has 1 aromatic carbocycles. The molecule has 2 saturated heterocycles. The predicted octanol–water partition coefficient (Wildman–Crippen LogP) is 1.66. The number of hydrogen-bond donors (Lipinski definition) is 1. The summed E-state index contributed by atoms with van der Waals surface area (Å²) in [7, 11) is 0. The van der Waals surface area contributed by atoms with Crippen molar-refractivity contribution in [2.75, 3.05) is 32.7 Å². The SMILES string of the molecule is CC(C)NC(=O)N1CCCN2CCN(Cc3ccc(F)cc3)C(=O)C2C1. The number of amides is 3. The van der Waals surface area contributed by atoms with Crippen LogP contribution in [0.25, 0.3) is 0 Å². The average molecular weight is 362 g/mol. The molecule has 1 aromatic rings. The van der Waals surface area contributed by atoms with Crippen molar-refractivity contribution in [3.05, 3.63) is 35.6 Å². The molecule has 0 aliphatic carbocycles. The van der Waals surface area contributed by atoms with Crippen molar-refractivity contribution in [1.82, 2.24) is 20.0 Å². The van der Waals surface area contributed by atoms with Crippen molar-refractivity contribution >= 4 is 11.9 Å². The molecule has 2 aliphatic heterocycles. The summed E-state index contributed by atoms with van der Waals surface area (Å²) in [6.45, 7) is 7.70. The normalized spacial score (nSPS) is 21.5. The molecular weight excluding hydrogens is 335 g/mol. The van der Waals surface area contributed by atoms with Crippen molar-refractivity contribution in [3.63, 3.8) is 0 Å². The maximum atomic E-state index is 13.1. The molecule has 1 N–H and O–H groups in total. The van der Waals surface area contributed by atoms with E-state index in [9.17, 15) is 14.0 Å². The van der Waals surface area contributed by atoms with E-state index in [2.05, 4.69) is 10.2 Å². The number of fused-ring (bicyclic) bond motifs is 1. The summed E-state index contributed by atoms with van der Waals surface area (Å²) in [4.78, 5) is 31.2. The maximum absolute atomic E-state index is 13.1. The number of benzene rings is 1. The second-order valence-electron chi connectivity index (χ2n) is 7.34. The van der Waals surface area contributed by atoms with Gasteiger partial charge >= 0.3 is 6.03 Å². The summed E-state index contributed by atoms with van der Waals surface area (Å²) >= 11 is 0. The van der Waals surface area contributed by atoms with Crippen LogP contribution in [-0.2, 0) is 11.3 Å². The van der Waals surface area contributed by atoms with Gasteiger partial charge < -0.3 is 15.1 Å². The van der Waals surface area contributed by atoms with Gasteiger partial charge in [0.1, 0.15) is 11.9 Å². The fourth-order valence-corrected chi connectivity index (χ4v) is 3.60. The summed E-state index contributed by atoms with van der Waals surface area (Å²) in [5.41, 5.74) is 0.913. The third kappa shape index (κ3) is 4.33. The van der Waals surface area contributed by atoms with Gasteiger partial charge in [0.2, 0.25) is 5.91 Å². The first-order chi connectivity index (χ1) is 12.4. The van der Waals surface area contributed by atoms with E-state index >= 15 is 0 Å². The van der Waals surface area contributed by atoms with Crippen molar-refractivity contribution < 1.29 is 14.0 Å². The van der Waals surface area contributed by atoms with Crippen LogP contribution in [0, 0.1) is 5.82 Å². The van der Waals surface area contributed by atoms with Crippen molar-refractivity contribution in [2.24, 2.45) is 0 Å². The van der Waals surface area contributed by atoms with Gasteiger partial charge in [-0.15, -0.1) is 0 Å². The quantitative estimate of drug-likeness (QED) is 0.890. The monoisotopic (exact) mass is 362 g/mol. The van der Waals surface area contributed by atoms with E-state index in [0.717, 1.165) is 25.1 Å². The number of carbonyl (C=O) groups excluding carboxylic acids is 2. The second-order valence-corrected chi connectivity index (χ2v) is 7.34. The molecule has 7 heteroatoms. The van der Waals surface area contributed by atoms with Crippen LogP contribution in [-0.4, -0.2) is 71.4 Å².